The lowest BCUT2D eigenvalue weighted by molar-refractivity contribution is -0.115. The van der Waals surface area contributed by atoms with E-state index < -0.39 is 0 Å². The lowest BCUT2D eigenvalue weighted by Gasteiger charge is -1.88. The van der Waals surface area contributed by atoms with Gasteiger partial charge in [0.25, 0.3) is 0 Å². The molecule has 0 spiro atoms. The zero-order valence-corrected chi connectivity index (χ0v) is 7.55. The first-order chi connectivity index (χ1) is 4.31. The Labute approximate surface area is 58.1 Å². The van der Waals surface area contributed by atoms with Crippen molar-refractivity contribution < 1.29 is 4.79 Å². The molecule has 0 atom stereocenters. The van der Waals surface area contributed by atoms with E-state index in [1.807, 2.05) is 6.08 Å². The van der Waals surface area contributed by atoms with Crippen LogP contribution in [0, 0.1) is 0 Å². The van der Waals surface area contributed by atoms with Gasteiger partial charge in [-0.2, -0.15) is 0 Å². The Morgan fingerprint density at radius 1 is 1.78 bits per heavy atom. The largest absolute Gasteiger partial charge is 0.329 e. The molecule has 0 aromatic carbocycles. The van der Waals surface area contributed by atoms with Crippen LogP contribution in [0.4, 0.5) is 0 Å². The summed E-state index contributed by atoms with van der Waals surface area (Å²) in [4.78, 5) is 10.4. The molecule has 1 amide bonds. The van der Waals surface area contributed by atoms with E-state index in [2.05, 4.69) is 11.9 Å². The zero-order valence-electron chi connectivity index (χ0n) is 5.55. The van der Waals surface area contributed by atoms with E-state index in [9.17, 15) is 4.79 Å². The molecule has 9 heavy (non-hydrogen) atoms. The molecule has 0 saturated heterocycles. The summed E-state index contributed by atoms with van der Waals surface area (Å²) >= 11 is 0. The number of amides is 1. The second-order valence-corrected chi connectivity index (χ2v) is 2.34. The van der Waals surface area contributed by atoms with Crippen LogP contribution < -0.4 is 5.32 Å². The van der Waals surface area contributed by atoms with Crippen LogP contribution in [0.1, 0.15) is 0 Å². The summed E-state index contributed by atoms with van der Waals surface area (Å²) in [6.45, 7) is 3.30. The fraction of sp³-hybridized carbons (Fsp3) is 0.167. The molecule has 0 aliphatic rings. The van der Waals surface area contributed by atoms with Crippen molar-refractivity contribution in [3.05, 3.63) is 24.9 Å². The highest BCUT2D eigenvalue weighted by Crippen LogP contribution is 1.73. The average Bonchev–Trinajstić information content (AvgIpc) is 1.89. The number of carbonyl (C=O) groups excluding carboxylic acids is 1. The Morgan fingerprint density at radius 2 is 2.44 bits per heavy atom. The lowest BCUT2D eigenvalue weighted by atomic mass is 10.6. The van der Waals surface area contributed by atoms with Gasteiger partial charge in [0, 0.05) is 10.2 Å². The minimum atomic E-state index is -0.152. The molecule has 50 valence electrons. The average molecular weight is 141 g/mol. The highest BCUT2D eigenvalue weighted by molar-refractivity contribution is 6.09. The molecule has 0 fully saturated rings. The van der Waals surface area contributed by atoms with Gasteiger partial charge < -0.3 is 5.32 Å². The maximum atomic E-state index is 10.4. The van der Waals surface area contributed by atoms with Gasteiger partial charge in [-0.05, 0) is 18.3 Å². The number of nitrogens with one attached hydrogen (secondary N) is 1. The summed E-state index contributed by atoms with van der Waals surface area (Å²) in [5, 5.41) is 2.52. The summed E-state index contributed by atoms with van der Waals surface area (Å²) in [5.74, 6) is -0.152. The molecule has 0 radical (unpaired) electrons. The molecule has 0 unspecified atom stereocenters. The van der Waals surface area contributed by atoms with Crippen molar-refractivity contribution in [1.29, 1.82) is 0 Å². The molecule has 2 nitrogen and oxygen atoms in total. The summed E-state index contributed by atoms with van der Waals surface area (Å²) in [5.41, 5.74) is 0. The van der Waals surface area contributed by atoms with Crippen molar-refractivity contribution >= 4 is 16.1 Å². The summed E-state index contributed by atoms with van der Waals surface area (Å²) in [6.07, 6.45) is 4.82. The van der Waals surface area contributed by atoms with Crippen molar-refractivity contribution in [3.8, 4) is 0 Å². The first kappa shape index (κ1) is 8.17. The summed E-state index contributed by atoms with van der Waals surface area (Å²) in [7, 11) is 1.14. The number of hydrogen-bond acceptors (Lipinski definition) is 1. The molecular weight excluding hydrogens is 130 g/mol. The minimum absolute atomic E-state index is 0.152. The molecule has 0 rings (SSSR count). The molecule has 1 N–H and O–H groups in total. The Kier molecular flexibility index (Phi) is 4.82. The highest BCUT2D eigenvalue weighted by Gasteiger charge is 1.83. The number of rotatable bonds is 3. The van der Waals surface area contributed by atoms with Crippen LogP contribution >= 0.6 is 0 Å². The van der Waals surface area contributed by atoms with Gasteiger partial charge in [0.05, 0.1) is 0 Å². The third-order valence-electron chi connectivity index (χ3n) is 0.765. The van der Waals surface area contributed by atoms with Gasteiger partial charge in [0.15, 0.2) is 0 Å². The monoisotopic (exact) mass is 141 g/mol. The minimum Gasteiger partial charge on any atom is -0.329 e. The lowest BCUT2D eigenvalue weighted by Crippen LogP contribution is -2.12. The van der Waals surface area contributed by atoms with Crippen LogP contribution in [0.5, 0.6) is 0 Å². The zero-order chi connectivity index (χ0) is 7.11. The van der Waals surface area contributed by atoms with Crippen LogP contribution in [0.3, 0.4) is 0 Å². The Morgan fingerprint density at radius 3 is 2.89 bits per heavy atom. The molecule has 3 heteroatoms. The number of hydrogen-bond donors (Lipinski definition) is 1. The number of allylic oxidation sites excluding steroid dienone is 1. The number of carbonyl (C=O) groups is 1. The second-order valence-electron chi connectivity index (χ2n) is 1.52. The molecule has 0 aromatic rings. The molecule has 0 saturated carbocycles. The van der Waals surface area contributed by atoms with Gasteiger partial charge in [0.1, 0.15) is 0 Å². The Balaban J connectivity index is 3.37. The summed E-state index contributed by atoms with van der Waals surface area (Å²) < 4.78 is 0. The molecule has 0 heterocycles. The Hall–Kier alpha value is -0.833. The van der Waals surface area contributed by atoms with Crippen molar-refractivity contribution in [3.63, 3.8) is 0 Å². The van der Waals surface area contributed by atoms with Crippen molar-refractivity contribution in [1.82, 2.24) is 5.32 Å². The van der Waals surface area contributed by atoms with Gasteiger partial charge in [-0.3, -0.25) is 4.79 Å². The Bertz CT molecular complexity index is 131. The fourth-order valence-electron chi connectivity index (χ4n) is 0.318. The van der Waals surface area contributed by atoms with E-state index in [1.165, 1.54) is 6.08 Å². The predicted octanol–water partition coefficient (Wildman–Crippen LogP) is -0.414. The van der Waals surface area contributed by atoms with E-state index >= 15 is 0 Å². The van der Waals surface area contributed by atoms with E-state index in [4.69, 9.17) is 0 Å². The standard InChI is InChI=1S/C6H11NOSi/c1-2-6(8)7-4-3-5-9/h2-4H,1,5H2,9H3,(H,7,8). The van der Waals surface area contributed by atoms with Crippen LogP contribution in [0.25, 0.3) is 0 Å². The second kappa shape index (κ2) is 5.31. The first-order valence-corrected chi connectivity index (χ1v) is 4.30. The van der Waals surface area contributed by atoms with E-state index in [0.717, 1.165) is 16.3 Å². The van der Waals surface area contributed by atoms with Crippen molar-refractivity contribution in [2.24, 2.45) is 0 Å². The van der Waals surface area contributed by atoms with Gasteiger partial charge in [-0.15, -0.1) is 0 Å². The first-order valence-electron chi connectivity index (χ1n) is 2.89. The van der Waals surface area contributed by atoms with Gasteiger partial charge >= 0.3 is 0 Å². The van der Waals surface area contributed by atoms with Crippen LogP contribution in [-0.2, 0) is 4.79 Å². The van der Waals surface area contributed by atoms with E-state index in [-0.39, 0.29) is 5.91 Å². The van der Waals surface area contributed by atoms with Gasteiger partial charge in [-0.25, -0.2) is 0 Å². The maximum absolute atomic E-state index is 10.4. The smallest absolute Gasteiger partial charge is 0.247 e. The van der Waals surface area contributed by atoms with Crippen LogP contribution in [0.15, 0.2) is 24.9 Å². The SMILES string of the molecule is C=CC(=O)NC=CC[SiH3]. The summed E-state index contributed by atoms with van der Waals surface area (Å²) in [6, 6.07) is 1.07. The third-order valence-corrected chi connectivity index (χ3v) is 1.24. The quantitative estimate of drug-likeness (QED) is 0.420. The highest BCUT2D eigenvalue weighted by atomic mass is 28.1. The van der Waals surface area contributed by atoms with E-state index in [0.29, 0.717) is 0 Å². The molecule has 0 bridgehead atoms. The van der Waals surface area contributed by atoms with Gasteiger partial charge in [-0.1, -0.05) is 12.7 Å². The molecular formula is C6H11NOSi. The topological polar surface area (TPSA) is 29.1 Å². The van der Waals surface area contributed by atoms with E-state index in [1.54, 1.807) is 6.20 Å². The molecule has 0 aliphatic carbocycles. The normalized spacial score (nSPS) is 9.78. The van der Waals surface area contributed by atoms with Crippen LogP contribution in [0.2, 0.25) is 6.04 Å². The van der Waals surface area contributed by atoms with Crippen molar-refractivity contribution in [2.75, 3.05) is 0 Å². The maximum Gasteiger partial charge on any atom is 0.247 e. The molecule has 0 aliphatic heterocycles. The predicted molar refractivity (Wildman–Crippen MR) is 42.2 cm³/mol. The van der Waals surface area contributed by atoms with Crippen molar-refractivity contribution in [2.45, 2.75) is 6.04 Å². The molecule has 0 aromatic heterocycles. The van der Waals surface area contributed by atoms with Gasteiger partial charge in [0.2, 0.25) is 5.91 Å². The van der Waals surface area contributed by atoms with Crippen LogP contribution in [-0.4, -0.2) is 16.1 Å². The fourth-order valence-corrected chi connectivity index (χ4v) is 0.554. The third kappa shape index (κ3) is 5.03.